The Kier molecular flexibility index (Phi) is 6.29. The summed E-state index contributed by atoms with van der Waals surface area (Å²) in [6.07, 6.45) is 2.49. The van der Waals surface area contributed by atoms with Gasteiger partial charge in [-0.3, -0.25) is 9.59 Å². The third-order valence-corrected chi connectivity index (χ3v) is 7.70. The Morgan fingerprint density at radius 3 is 2.67 bits per heavy atom. The zero-order valence-corrected chi connectivity index (χ0v) is 22.6. The average Bonchev–Trinajstić information content (AvgIpc) is 3.79. The summed E-state index contributed by atoms with van der Waals surface area (Å²) in [5.41, 5.74) is 2.29. The van der Waals surface area contributed by atoms with Crippen molar-refractivity contribution in [2.45, 2.75) is 50.9 Å². The highest BCUT2D eigenvalue weighted by Crippen LogP contribution is 2.42. The first kappa shape index (κ1) is 26.0. The molecule has 0 radical (unpaired) electrons. The zero-order valence-electron chi connectivity index (χ0n) is 22.6. The number of benzene rings is 2. The van der Waals surface area contributed by atoms with E-state index in [1.165, 1.54) is 23.0 Å². The Bertz CT molecular complexity index is 1770. The molecule has 7 rings (SSSR count). The van der Waals surface area contributed by atoms with Gasteiger partial charge in [-0.25, -0.2) is 19.0 Å². The van der Waals surface area contributed by atoms with Gasteiger partial charge in [-0.2, -0.15) is 9.49 Å². The summed E-state index contributed by atoms with van der Waals surface area (Å²) in [6, 6.07) is 15.1. The summed E-state index contributed by atoms with van der Waals surface area (Å²) in [4.78, 5) is 35.9. The fourth-order valence-electron chi connectivity index (χ4n) is 5.35. The van der Waals surface area contributed by atoms with Crippen molar-refractivity contribution in [1.29, 1.82) is 0 Å². The van der Waals surface area contributed by atoms with Crippen LogP contribution in [-0.2, 0) is 11.3 Å². The summed E-state index contributed by atoms with van der Waals surface area (Å²) >= 11 is 0. The van der Waals surface area contributed by atoms with Crippen molar-refractivity contribution in [3.8, 4) is 17.1 Å². The molecule has 11 heteroatoms. The van der Waals surface area contributed by atoms with E-state index in [2.05, 4.69) is 25.7 Å². The van der Waals surface area contributed by atoms with Crippen LogP contribution in [0.1, 0.15) is 59.2 Å². The predicted molar refractivity (Wildman–Crippen MR) is 150 cm³/mol. The fourth-order valence-corrected chi connectivity index (χ4v) is 5.35. The van der Waals surface area contributed by atoms with E-state index in [0.717, 1.165) is 18.4 Å². The van der Waals surface area contributed by atoms with Gasteiger partial charge in [-0.15, -0.1) is 0 Å². The minimum Gasteiger partial charge on any atom is -0.474 e. The van der Waals surface area contributed by atoms with E-state index in [1.54, 1.807) is 36.4 Å². The molecular weight excluding hydrogens is 542 g/mol. The van der Waals surface area contributed by atoms with Gasteiger partial charge in [0.15, 0.2) is 0 Å². The Labute approximate surface area is 239 Å². The highest BCUT2D eigenvalue weighted by Gasteiger charge is 2.35. The first-order valence-electron chi connectivity index (χ1n) is 13.8. The summed E-state index contributed by atoms with van der Waals surface area (Å²) in [5, 5.41) is 9.81. The maximum Gasteiger partial charge on any atom is 0.269 e. The lowest BCUT2D eigenvalue weighted by Crippen LogP contribution is -2.42. The van der Waals surface area contributed by atoms with Crippen LogP contribution in [0.15, 0.2) is 65.8 Å². The number of fused-ring (bicyclic) bond motifs is 2. The standard InChI is InChI=1S/C31H26F2N6O3/c1-16-12-13-39-31(42-16)23(26(38-39)21-14-19(17-10-11-17)15-34-27(21)33)29(40)37-28-30(41)36-25-20(8-5-9-22(25)32)24(35-28)18-6-3-2-4-7-18/h2-9,14-17,28H,10-13H2,1H3,(H,36,41)(H,37,40)/t16-,28-/m1/s1. The van der Waals surface area contributed by atoms with Crippen molar-refractivity contribution in [2.24, 2.45) is 4.99 Å². The second-order valence-electron chi connectivity index (χ2n) is 10.7. The Balaban J connectivity index is 1.32. The number of anilines is 1. The number of nitrogens with one attached hydrogen (secondary N) is 2. The molecule has 1 saturated carbocycles. The van der Waals surface area contributed by atoms with Gasteiger partial charge >= 0.3 is 0 Å². The largest absolute Gasteiger partial charge is 0.474 e. The van der Waals surface area contributed by atoms with Crippen LogP contribution in [0.3, 0.4) is 0 Å². The number of carbonyl (C=O) groups excluding carboxylic acids is 2. The van der Waals surface area contributed by atoms with E-state index in [0.29, 0.717) is 35.7 Å². The van der Waals surface area contributed by atoms with Gasteiger partial charge in [0.25, 0.3) is 11.8 Å². The Morgan fingerprint density at radius 2 is 1.88 bits per heavy atom. The second kappa shape index (κ2) is 10.2. The molecule has 0 spiro atoms. The number of halogens is 2. The van der Waals surface area contributed by atoms with Crippen LogP contribution < -0.4 is 15.4 Å². The number of pyridine rings is 1. The molecule has 2 amide bonds. The van der Waals surface area contributed by atoms with E-state index in [4.69, 9.17) is 4.74 Å². The van der Waals surface area contributed by atoms with Crippen LogP contribution in [0.4, 0.5) is 14.5 Å². The van der Waals surface area contributed by atoms with E-state index in [-0.39, 0.29) is 34.5 Å². The van der Waals surface area contributed by atoms with Crippen LogP contribution in [0.5, 0.6) is 5.88 Å². The fraction of sp³-hybridized carbons (Fsp3) is 0.258. The van der Waals surface area contributed by atoms with Gasteiger partial charge in [0.2, 0.25) is 18.0 Å². The maximum absolute atomic E-state index is 15.2. The molecule has 3 aliphatic rings. The van der Waals surface area contributed by atoms with Crippen molar-refractivity contribution in [3.63, 3.8) is 0 Å². The Hall–Kier alpha value is -4.93. The summed E-state index contributed by atoms with van der Waals surface area (Å²) < 4.78 is 37.6. The average molecular weight is 569 g/mol. The maximum atomic E-state index is 15.2. The number of rotatable bonds is 5. The zero-order chi connectivity index (χ0) is 29.0. The number of carbonyl (C=O) groups is 2. The third-order valence-electron chi connectivity index (χ3n) is 7.70. The molecule has 0 bridgehead atoms. The van der Waals surface area contributed by atoms with Crippen LogP contribution in [-0.4, -0.2) is 44.6 Å². The third kappa shape index (κ3) is 4.60. The first-order valence-corrected chi connectivity index (χ1v) is 13.8. The first-order chi connectivity index (χ1) is 20.4. The molecule has 2 aromatic heterocycles. The number of hydrogen-bond donors (Lipinski definition) is 2. The summed E-state index contributed by atoms with van der Waals surface area (Å²) in [7, 11) is 0. The molecule has 4 heterocycles. The van der Waals surface area contributed by atoms with Gasteiger partial charge in [-0.05, 0) is 43.4 Å². The molecule has 0 saturated heterocycles. The number of benzodiazepines with no additional fused rings is 1. The molecule has 9 nitrogen and oxygen atoms in total. The normalized spacial score (nSPS) is 19.5. The molecule has 0 unspecified atom stereocenters. The molecule has 212 valence electrons. The van der Waals surface area contributed by atoms with Gasteiger partial charge in [0.05, 0.1) is 23.1 Å². The van der Waals surface area contributed by atoms with Gasteiger partial charge in [0.1, 0.15) is 17.1 Å². The molecule has 1 aliphatic carbocycles. The van der Waals surface area contributed by atoms with Crippen LogP contribution in [0.2, 0.25) is 0 Å². The lowest BCUT2D eigenvalue weighted by atomic mass is 10.0. The number of aryl methyl sites for hydroxylation is 1. The van der Waals surface area contributed by atoms with Gasteiger partial charge in [0, 0.05) is 30.3 Å². The highest BCUT2D eigenvalue weighted by molar-refractivity contribution is 6.20. The van der Waals surface area contributed by atoms with Crippen LogP contribution >= 0.6 is 0 Å². The van der Waals surface area contributed by atoms with E-state index in [9.17, 15) is 14.0 Å². The number of amides is 2. The molecular formula is C31H26F2N6O3. The lowest BCUT2D eigenvalue weighted by Gasteiger charge is -2.22. The van der Waals surface area contributed by atoms with Gasteiger partial charge in [-0.1, -0.05) is 42.5 Å². The number of aliphatic imine (C=N–C) groups is 1. The van der Waals surface area contributed by atoms with Crippen molar-refractivity contribution < 1.29 is 23.1 Å². The molecule has 42 heavy (non-hydrogen) atoms. The topological polar surface area (TPSA) is 111 Å². The molecule has 1 fully saturated rings. The van der Waals surface area contributed by atoms with E-state index >= 15 is 4.39 Å². The number of nitrogens with zero attached hydrogens (tertiary/aromatic N) is 4. The Morgan fingerprint density at radius 1 is 1.07 bits per heavy atom. The van der Waals surface area contributed by atoms with Crippen molar-refractivity contribution in [3.05, 3.63) is 94.8 Å². The van der Waals surface area contributed by atoms with Gasteiger partial charge < -0.3 is 15.4 Å². The smallest absolute Gasteiger partial charge is 0.269 e. The minimum atomic E-state index is -1.44. The summed E-state index contributed by atoms with van der Waals surface area (Å²) in [5.74, 6) is -2.40. The predicted octanol–water partition coefficient (Wildman–Crippen LogP) is 4.82. The van der Waals surface area contributed by atoms with Crippen molar-refractivity contribution in [1.82, 2.24) is 20.1 Å². The minimum absolute atomic E-state index is 0.0209. The quantitative estimate of drug-likeness (QED) is 0.336. The number of hydrogen-bond acceptors (Lipinski definition) is 6. The van der Waals surface area contributed by atoms with Crippen LogP contribution in [0, 0.1) is 11.8 Å². The molecule has 4 aromatic rings. The molecule has 2 aliphatic heterocycles. The van der Waals surface area contributed by atoms with E-state index < -0.39 is 29.7 Å². The lowest BCUT2D eigenvalue weighted by molar-refractivity contribution is -0.117. The highest BCUT2D eigenvalue weighted by atomic mass is 19.1. The van der Waals surface area contributed by atoms with E-state index in [1.807, 2.05) is 13.0 Å². The van der Waals surface area contributed by atoms with Crippen molar-refractivity contribution in [2.75, 3.05) is 5.32 Å². The number of para-hydroxylation sites is 1. The molecule has 2 atom stereocenters. The second-order valence-corrected chi connectivity index (χ2v) is 10.7. The summed E-state index contributed by atoms with van der Waals surface area (Å²) in [6.45, 7) is 2.33. The molecule has 2 N–H and O–H groups in total. The number of aromatic nitrogens is 3. The SMILES string of the molecule is C[C@@H]1CCn2nc(-c3cc(C4CC4)cnc3F)c(C(=O)N[C@H]3N=C(c4ccccc4)c4cccc(F)c4NC3=O)c2O1. The van der Waals surface area contributed by atoms with Crippen LogP contribution in [0.25, 0.3) is 11.3 Å². The van der Waals surface area contributed by atoms with Crippen molar-refractivity contribution >= 4 is 23.2 Å². The molecule has 2 aromatic carbocycles. The number of ether oxygens (including phenoxy) is 1. The monoisotopic (exact) mass is 568 g/mol.